The molecule has 1 aromatic rings. The van der Waals surface area contributed by atoms with Crippen LogP contribution in [-0.2, 0) is 4.79 Å². The molecule has 0 bridgehead atoms. The van der Waals surface area contributed by atoms with Crippen molar-refractivity contribution in [3.8, 4) is 0 Å². The van der Waals surface area contributed by atoms with E-state index in [-0.39, 0.29) is 11.8 Å². The second-order valence-corrected chi connectivity index (χ2v) is 5.81. The highest BCUT2D eigenvalue weighted by atomic mass is 32.2. The molecule has 1 aromatic carbocycles. The van der Waals surface area contributed by atoms with Gasteiger partial charge in [-0.2, -0.15) is 0 Å². The average molecular weight is 264 g/mol. The summed E-state index contributed by atoms with van der Waals surface area (Å²) in [6.07, 6.45) is 1.88. The Bertz CT molecular complexity index is 403. The quantitative estimate of drug-likeness (QED) is 0.822. The van der Waals surface area contributed by atoms with E-state index in [9.17, 15) is 4.79 Å². The number of hydrogen-bond donors (Lipinski definition) is 2. The van der Waals surface area contributed by atoms with Crippen molar-refractivity contribution in [1.29, 1.82) is 0 Å². The summed E-state index contributed by atoms with van der Waals surface area (Å²) in [5.74, 6) is 1.37. The van der Waals surface area contributed by atoms with Gasteiger partial charge in [0, 0.05) is 16.5 Å². The van der Waals surface area contributed by atoms with Crippen LogP contribution < -0.4 is 10.6 Å². The van der Waals surface area contributed by atoms with Gasteiger partial charge in [-0.15, -0.1) is 11.8 Å². The number of rotatable bonds is 4. The Labute approximate surface area is 113 Å². The number of nitrogens with one attached hydrogen (secondary N) is 2. The minimum absolute atomic E-state index is 0.161. The Morgan fingerprint density at radius 3 is 2.94 bits per heavy atom. The van der Waals surface area contributed by atoms with Gasteiger partial charge < -0.3 is 10.6 Å². The van der Waals surface area contributed by atoms with E-state index in [1.165, 1.54) is 4.90 Å². The first-order valence-corrected chi connectivity index (χ1v) is 7.52. The lowest BCUT2D eigenvalue weighted by Gasteiger charge is -2.21. The summed E-state index contributed by atoms with van der Waals surface area (Å²) in [5, 5.41) is 6.31. The molecule has 1 amide bonds. The molecule has 4 heteroatoms. The Morgan fingerprint density at radius 1 is 1.44 bits per heavy atom. The van der Waals surface area contributed by atoms with E-state index >= 15 is 0 Å². The number of thioether (sulfide) groups is 1. The topological polar surface area (TPSA) is 41.1 Å². The lowest BCUT2D eigenvalue weighted by molar-refractivity contribution is -0.120. The number of piperidine rings is 1. The molecule has 1 fully saturated rings. The SMILES string of the molecule is CCSc1cccc(NC(=O)C2CCNCC2)c1. The zero-order valence-corrected chi connectivity index (χ0v) is 11.6. The van der Waals surface area contributed by atoms with Crippen LogP contribution >= 0.6 is 11.8 Å². The molecule has 2 rings (SSSR count). The van der Waals surface area contributed by atoms with E-state index in [2.05, 4.69) is 23.6 Å². The van der Waals surface area contributed by atoms with E-state index in [1.807, 2.05) is 18.2 Å². The normalized spacial score (nSPS) is 16.5. The maximum absolute atomic E-state index is 12.1. The number of amides is 1. The van der Waals surface area contributed by atoms with Crippen LogP contribution in [0.1, 0.15) is 19.8 Å². The van der Waals surface area contributed by atoms with Crippen molar-refractivity contribution < 1.29 is 4.79 Å². The molecule has 0 atom stereocenters. The fourth-order valence-electron chi connectivity index (χ4n) is 2.16. The Kier molecular flexibility index (Phi) is 5.08. The summed E-state index contributed by atoms with van der Waals surface area (Å²) in [6.45, 7) is 4.03. The van der Waals surface area contributed by atoms with Crippen LogP contribution in [0, 0.1) is 5.92 Å². The van der Waals surface area contributed by atoms with Crippen LogP contribution in [0.15, 0.2) is 29.2 Å². The molecular formula is C14H20N2OS. The van der Waals surface area contributed by atoms with Gasteiger partial charge in [0.25, 0.3) is 0 Å². The van der Waals surface area contributed by atoms with E-state index in [1.54, 1.807) is 11.8 Å². The zero-order chi connectivity index (χ0) is 12.8. The molecule has 1 heterocycles. The van der Waals surface area contributed by atoms with Gasteiger partial charge in [-0.3, -0.25) is 4.79 Å². The van der Waals surface area contributed by atoms with E-state index in [0.717, 1.165) is 37.4 Å². The van der Waals surface area contributed by atoms with Crippen molar-refractivity contribution in [3.05, 3.63) is 24.3 Å². The lowest BCUT2D eigenvalue weighted by atomic mass is 9.97. The Hall–Kier alpha value is -1.00. The summed E-state index contributed by atoms with van der Waals surface area (Å²) < 4.78 is 0. The molecule has 0 radical (unpaired) electrons. The van der Waals surface area contributed by atoms with E-state index in [0.29, 0.717) is 0 Å². The summed E-state index contributed by atoms with van der Waals surface area (Å²) >= 11 is 1.79. The van der Waals surface area contributed by atoms with Crippen LogP contribution in [0.5, 0.6) is 0 Å². The van der Waals surface area contributed by atoms with Crippen LogP contribution in [0.3, 0.4) is 0 Å². The van der Waals surface area contributed by atoms with Crippen molar-refractivity contribution in [2.75, 3.05) is 24.2 Å². The van der Waals surface area contributed by atoms with Gasteiger partial charge in [-0.1, -0.05) is 13.0 Å². The Morgan fingerprint density at radius 2 is 2.22 bits per heavy atom. The van der Waals surface area contributed by atoms with Gasteiger partial charge in [-0.25, -0.2) is 0 Å². The molecular weight excluding hydrogens is 244 g/mol. The first kappa shape index (κ1) is 13.4. The van der Waals surface area contributed by atoms with Gasteiger partial charge in [-0.05, 0) is 49.9 Å². The van der Waals surface area contributed by atoms with Crippen molar-refractivity contribution in [3.63, 3.8) is 0 Å². The first-order chi connectivity index (χ1) is 8.79. The molecule has 18 heavy (non-hydrogen) atoms. The van der Waals surface area contributed by atoms with Crippen LogP contribution in [0.4, 0.5) is 5.69 Å². The smallest absolute Gasteiger partial charge is 0.227 e. The molecule has 0 aromatic heterocycles. The maximum atomic E-state index is 12.1. The monoisotopic (exact) mass is 264 g/mol. The second-order valence-electron chi connectivity index (χ2n) is 4.47. The number of hydrogen-bond acceptors (Lipinski definition) is 3. The molecule has 0 aliphatic carbocycles. The van der Waals surface area contributed by atoms with E-state index in [4.69, 9.17) is 0 Å². The van der Waals surface area contributed by atoms with Crippen molar-refractivity contribution in [2.24, 2.45) is 5.92 Å². The summed E-state index contributed by atoms with van der Waals surface area (Å²) in [4.78, 5) is 13.3. The average Bonchev–Trinajstić information content (AvgIpc) is 2.40. The number of carbonyl (C=O) groups excluding carboxylic acids is 1. The molecule has 98 valence electrons. The van der Waals surface area contributed by atoms with Gasteiger partial charge in [0.05, 0.1) is 0 Å². The maximum Gasteiger partial charge on any atom is 0.227 e. The molecule has 2 N–H and O–H groups in total. The highest BCUT2D eigenvalue weighted by Crippen LogP contribution is 2.22. The third-order valence-electron chi connectivity index (χ3n) is 3.12. The summed E-state index contributed by atoms with van der Waals surface area (Å²) in [5.41, 5.74) is 0.914. The predicted octanol–water partition coefficient (Wildman–Crippen LogP) is 2.74. The predicted molar refractivity (Wildman–Crippen MR) is 77.1 cm³/mol. The van der Waals surface area contributed by atoms with Crippen LogP contribution in [0.2, 0.25) is 0 Å². The van der Waals surface area contributed by atoms with Crippen LogP contribution in [-0.4, -0.2) is 24.7 Å². The van der Waals surface area contributed by atoms with Crippen molar-refractivity contribution >= 4 is 23.4 Å². The molecule has 1 saturated heterocycles. The van der Waals surface area contributed by atoms with Gasteiger partial charge >= 0.3 is 0 Å². The molecule has 0 unspecified atom stereocenters. The molecule has 0 spiro atoms. The molecule has 3 nitrogen and oxygen atoms in total. The lowest BCUT2D eigenvalue weighted by Crippen LogP contribution is -2.34. The number of carbonyl (C=O) groups is 1. The third-order valence-corrected chi connectivity index (χ3v) is 4.00. The Balaban J connectivity index is 1.95. The highest BCUT2D eigenvalue weighted by molar-refractivity contribution is 7.99. The fourth-order valence-corrected chi connectivity index (χ4v) is 2.88. The number of benzene rings is 1. The minimum atomic E-state index is 0.161. The first-order valence-electron chi connectivity index (χ1n) is 6.54. The highest BCUT2D eigenvalue weighted by Gasteiger charge is 2.20. The minimum Gasteiger partial charge on any atom is -0.326 e. The van der Waals surface area contributed by atoms with Crippen molar-refractivity contribution in [1.82, 2.24) is 5.32 Å². The summed E-state index contributed by atoms with van der Waals surface area (Å²) in [7, 11) is 0. The zero-order valence-electron chi connectivity index (χ0n) is 10.7. The molecule has 1 aliphatic rings. The van der Waals surface area contributed by atoms with Crippen molar-refractivity contribution in [2.45, 2.75) is 24.7 Å². The van der Waals surface area contributed by atoms with Gasteiger partial charge in [0.2, 0.25) is 5.91 Å². The third kappa shape index (κ3) is 3.75. The summed E-state index contributed by atoms with van der Waals surface area (Å²) in [6, 6.07) is 8.08. The number of anilines is 1. The second kappa shape index (κ2) is 6.81. The molecule has 0 saturated carbocycles. The standard InChI is InChI=1S/C14H20N2OS/c1-2-18-13-5-3-4-12(10-13)16-14(17)11-6-8-15-9-7-11/h3-5,10-11,15H,2,6-9H2,1H3,(H,16,17). The largest absolute Gasteiger partial charge is 0.326 e. The van der Waals surface area contributed by atoms with E-state index < -0.39 is 0 Å². The van der Waals surface area contributed by atoms with Gasteiger partial charge in [0.15, 0.2) is 0 Å². The van der Waals surface area contributed by atoms with Crippen LogP contribution in [0.25, 0.3) is 0 Å². The molecule has 1 aliphatic heterocycles. The van der Waals surface area contributed by atoms with Gasteiger partial charge in [0.1, 0.15) is 0 Å². The fraction of sp³-hybridized carbons (Fsp3) is 0.500.